The number of hydrogen-bond acceptors (Lipinski definition) is 4. The first-order chi connectivity index (χ1) is 8.27. The molecule has 0 saturated heterocycles. The molecule has 0 heterocycles. The van der Waals surface area contributed by atoms with Gasteiger partial charge in [0.1, 0.15) is 0 Å². The van der Waals surface area contributed by atoms with Gasteiger partial charge in [0.2, 0.25) is 6.04 Å². The Bertz CT molecular complexity index is 324. The molecule has 0 fully saturated rings. The van der Waals surface area contributed by atoms with Gasteiger partial charge in [-0.1, -0.05) is 6.92 Å². The van der Waals surface area contributed by atoms with Crippen molar-refractivity contribution in [1.82, 2.24) is 5.32 Å². The number of carbonyl (C=O) groups is 1. The molecular formula is C13H24N2O3. The molecule has 104 valence electrons. The number of rotatable bonds is 8. The van der Waals surface area contributed by atoms with E-state index in [9.17, 15) is 14.9 Å². The second-order valence-electron chi connectivity index (χ2n) is 4.98. The van der Waals surface area contributed by atoms with E-state index in [2.05, 4.69) is 5.32 Å². The minimum absolute atomic E-state index is 0.0400. The highest BCUT2D eigenvalue weighted by Gasteiger charge is 2.26. The summed E-state index contributed by atoms with van der Waals surface area (Å²) in [4.78, 5) is 21.7. The van der Waals surface area contributed by atoms with Crippen molar-refractivity contribution in [2.45, 2.75) is 59.5 Å². The summed E-state index contributed by atoms with van der Waals surface area (Å²) < 4.78 is 0. The Labute approximate surface area is 109 Å². The molecule has 2 unspecified atom stereocenters. The highest BCUT2D eigenvalue weighted by atomic mass is 16.6. The second-order valence-corrected chi connectivity index (χ2v) is 4.98. The Kier molecular flexibility index (Phi) is 7.24. The average Bonchev–Trinajstić information content (AvgIpc) is 2.22. The number of carbonyl (C=O) groups excluding carboxylic acids is 1. The topological polar surface area (TPSA) is 72.2 Å². The van der Waals surface area contributed by atoms with Crippen LogP contribution in [0.15, 0.2) is 11.8 Å². The average molecular weight is 256 g/mol. The minimum Gasteiger partial charge on any atom is -0.386 e. The molecule has 0 bridgehead atoms. The molecule has 0 amide bonds. The minimum atomic E-state index is -0.598. The molecule has 0 aliphatic rings. The summed E-state index contributed by atoms with van der Waals surface area (Å²) in [5.41, 5.74) is 0.790. The number of hydrogen-bond donors (Lipinski definition) is 1. The fourth-order valence-electron chi connectivity index (χ4n) is 1.89. The van der Waals surface area contributed by atoms with Crippen molar-refractivity contribution >= 4 is 5.78 Å². The lowest BCUT2D eigenvalue weighted by molar-refractivity contribution is -0.527. The molecule has 0 spiro atoms. The molecule has 0 aromatic carbocycles. The highest BCUT2D eigenvalue weighted by molar-refractivity contribution is 5.87. The first-order valence-electron chi connectivity index (χ1n) is 6.39. The predicted molar refractivity (Wildman–Crippen MR) is 71.9 cm³/mol. The number of ketones is 1. The van der Waals surface area contributed by atoms with Crippen LogP contribution in [0.1, 0.15) is 47.5 Å². The van der Waals surface area contributed by atoms with Crippen molar-refractivity contribution in [2.24, 2.45) is 5.92 Å². The van der Waals surface area contributed by atoms with Crippen molar-refractivity contribution < 1.29 is 9.72 Å². The molecule has 5 nitrogen and oxygen atoms in total. The van der Waals surface area contributed by atoms with Gasteiger partial charge >= 0.3 is 0 Å². The molecule has 0 aromatic heterocycles. The fraction of sp³-hybridized carbons (Fsp3) is 0.769. The maximum absolute atomic E-state index is 11.2. The van der Waals surface area contributed by atoms with Gasteiger partial charge in [-0.05, 0) is 39.7 Å². The van der Waals surface area contributed by atoms with Gasteiger partial charge in [0.15, 0.2) is 5.78 Å². The maximum atomic E-state index is 11.2. The summed E-state index contributed by atoms with van der Waals surface area (Å²) in [7, 11) is 0. The smallest absolute Gasteiger partial charge is 0.213 e. The van der Waals surface area contributed by atoms with E-state index in [0.29, 0.717) is 6.42 Å². The third-order valence-corrected chi connectivity index (χ3v) is 2.87. The standard InChI is InChI=1S/C13H24N2O3/c1-6-12(11(5)15(17)18)8-13(7-10(4)16)14-9(2)3/h7,9,11-12,14H,6,8H2,1-5H3/b13-7-. The van der Waals surface area contributed by atoms with Gasteiger partial charge in [-0.2, -0.15) is 0 Å². The molecule has 0 rings (SSSR count). The Morgan fingerprint density at radius 3 is 2.28 bits per heavy atom. The van der Waals surface area contributed by atoms with Crippen LogP contribution >= 0.6 is 0 Å². The molecule has 0 radical (unpaired) electrons. The monoisotopic (exact) mass is 256 g/mol. The number of nitrogens with zero attached hydrogens (tertiary/aromatic N) is 1. The zero-order valence-electron chi connectivity index (χ0n) is 11.9. The van der Waals surface area contributed by atoms with E-state index in [0.717, 1.165) is 12.1 Å². The summed E-state index contributed by atoms with van der Waals surface area (Å²) in [6, 6.07) is -0.390. The van der Waals surface area contributed by atoms with Crippen molar-refractivity contribution in [3.63, 3.8) is 0 Å². The molecule has 5 heteroatoms. The van der Waals surface area contributed by atoms with E-state index >= 15 is 0 Å². The summed E-state index contributed by atoms with van der Waals surface area (Å²) in [5, 5.41) is 14.0. The lowest BCUT2D eigenvalue weighted by atomic mass is 9.93. The van der Waals surface area contributed by atoms with Crippen LogP contribution in [0.4, 0.5) is 0 Å². The molecule has 2 atom stereocenters. The quantitative estimate of drug-likeness (QED) is 0.411. The van der Waals surface area contributed by atoms with E-state index in [1.807, 2.05) is 20.8 Å². The predicted octanol–water partition coefficient (Wildman–Crippen LogP) is 2.54. The van der Waals surface area contributed by atoms with Crippen LogP contribution in [-0.4, -0.2) is 22.8 Å². The third-order valence-electron chi connectivity index (χ3n) is 2.87. The Hall–Kier alpha value is -1.39. The van der Waals surface area contributed by atoms with E-state index in [-0.39, 0.29) is 22.7 Å². The molecular weight excluding hydrogens is 232 g/mol. The molecule has 18 heavy (non-hydrogen) atoms. The molecule has 0 aliphatic heterocycles. The summed E-state index contributed by atoms with van der Waals surface area (Å²) in [6.07, 6.45) is 2.79. The summed E-state index contributed by atoms with van der Waals surface area (Å²) in [6.45, 7) is 9.00. The number of nitrogens with one attached hydrogen (secondary N) is 1. The normalized spacial score (nSPS) is 15.3. The van der Waals surface area contributed by atoms with Gasteiger partial charge in [-0.15, -0.1) is 0 Å². The van der Waals surface area contributed by atoms with Gasteiger partial charge in [-0.25, -0.2) is 0 Å². The van der Waals surface area contributed by atoms with Gasteiger partial charge < -0.3 is 5.32 Å². The molecule has 0 saturated carbocycles. The van der Waals surface area contributed by atoms with Crippen LogP contribution in [0.25, 0.3) is 0 Å². The third kappa shape index (κ3) is 6.37. The number of nitro groups is 1. The molecule has 1 N–H and O–H groups in total. The lowest BCUT2D eigenvalue weighted by Gasteiger charge is -2.20. The van der Waals surface area contributed by atoms with Crippen LogP contribution in [0.5, 0.6) is 0 Å². The summed E-state index contributed by atoms with van der Waals surface area (Å²) in [5.74, 6) is -0.0985. The largest absolute Gasteiger partial charge is 0.386 e. The lowest BCUT2D eigenvalue weighted by Crippen LogP contribution is -2.30. The van der Waals surface area contributed by atoms with Crippen LogP contribution in [-0.2, 0) is 4.79 Å². The maximum Gasteiger partial charge on any atom is 0.213 e. The second kappa shape index (κ2) is 7.84. The van der Waals surface area contributed by atoms with Crippen LogP contribution < -0.4 is 5.32 Å². The summed E-state index contributed by atoms with van der Waals surface area (Å²) >= 11 is 0. The number of allylic oxidation sites excluding steroid dienone is 2. The van der Waals surface area contributed by atoms with Crippen LogP contribution in [0, 0.1) is 16.0 Å². The van der Waals surface area contributed by atoms with Crippen LogP contribution in [0.3, 0.4) is 0 Å². The zero-order valence-corrected chi connectivity index (χ0v) is 11.9. The van der Waals surface area contributed by atoms with E-state index in [4.69, 9.17) is 0 Å². The van der Waals surface area contributed by atoms with E-state index in [1.165, 1.54) is 13.0 Å². The van der Waals surface area contributed by atoms with Gasteiger partial charge in [0.05, 0.1) is 0 Å². The van der Waals surface area contributed by atoms with Crippen molar-refractivity contribution in [2.75, 3.05) is 0 Å². The van der Waals surface area contributed by atoms with Gasteiger partial charge in [0.25, 0.3) is 0 Å². The van der Waals surface area contributed by atoms with Gasteiger partial charge in [0, 0.05) is 29.5 Å². The van der Waals surface area contributed by atoms with E-state index < -0.39 is 6.04 Å². The first-order valence-corrected chi connectivity index (χ1v) is 6.39. The van der Waals surface area contributed by atoms with Crippen molar-refractivity contribution in [1.29, 1.82) is 0 Å². The van der Waals surface area contributed by atoms with Crippen molar-refractivity contribution in [3.05, 3.63) is 21.9 Å². The Balaban J connectivity index is 4.83. The Morgan fingerprint density at radius 2 is 1.94 bits per heavy atom. The first kappa shape index (κ1) is 16.6. The van der Waals surface area contributed by atoms with Gasteiger partial charge in [-0.3, -0.25) is 14.9 Å². The highest BCUT2D eigenvalue weighted by Crippen LogP contribution is 2.20. The fourth-order valence-corrected chi connectivity index (χ4v) is 1.89. The van der Waals surface area contributed by atoms with Crippen molar-refractivity contribution in [3.8, 4) is 0 Å². The Morgan fingerprint density at radius 1 is 1.39 bits per heavy atom. The SMILES string of the molecule is CCC(C/C(=C/C(C)=O)NC(C)C)C(C)[N+](=O)[O-]. The van der Waals surface area contributed by atoms with Crippen LogP contribution in [0.2, 0.25) is 0 Å². The van der Waals surface area contributed by atoms with E-state index in [1.54, 1.807) is 6.92 Å². The zero-order chi connectivity index (χ0) is 14.3. The molecule has 0 aromatic rings. The molecule has 0 aliphatic carbocycles.